The molecule has 0 spiro atoms. The van der Waals surface area contributed by atoms with Crippen LogP contribution in [0.15, 0.2) is 23.2 Å². The van der Waals surface area contributed by atoms with Gasteiger partial charge in [0.1, 0.15) is 11.9 Å². The van der Waals surface area contributed by atoms with Crippen molar-refractivity contribution in [3.63, 3.8) is 0 Å². The summed E-state index contributed by atoms with van der Waals surface area (Å²) < 4.78 is 17.0. The molecule has 0 amide bonds. The van der Waals surface area contributed by atoms with Crippen molar-refractivity contribution in [1.82, 2.24) is 10.6 Å². The Hall–Kier alpha value is -1.79. The van der Waals surface area contributed by atoms with Gasteiger partial charge in [-0.25, -0.2) is 4.99 Å². The average molecular weight is 404 g/mol. The van der Waals surface area contributed by atoms with Gasteiger partial charge in [0.15, 0.2) is 5.96 Å². The smallest absolute Gasteiger partial charge is 0.191 e. The van der Waals surface area contributed by atoms with Crippen molar-refractivity contribution in [2.45, 2.75) is 58.6 Å². The minimum Gasteiger partial charge on any atom is -0.488 e. The van der Waals surface area contributed by atoms with Gasteiger partial charge in [-0.05, 0) is 50.2 Å². The van der Waals surface area contributed by atoms with Crippen LogP contribution in [-0.4, -0.2) is 52.1 Å². The Morgan fingerprint density at radius 3 is 2.83 bits per heavy atom. The Morgan fingerprint density at radius 1 is 1.31 bits per heavy atom. The van der Waals surface area contributed by atoms with Gasteiger partial charge in [-0.3, -0.25) is 0 Å². The van der Waals surface area contributed by atoms with Gasteiger partial charge >= 0.3 is 0 Å². The summed E-state index contributed by atoms with van der Waals surface area (Å²) in [4.78, 5) is 4.84. The van der Waals surface area contributed by atoms with E-state index in [0.717, 1.165) is 56.4 Å². The first-order valence-corrected chi connectivity index (χ1v) is 11.0. The molecule has 1 aliphatic carbocycles. The molecule has 6 heteroatoms. The Bertz CT molecular complexity index is 667. The van der Waals surface area contributed by atoms with Crippen LogP contribution in [0.25, 0.3) is 0 Å². The van der Waals surface area contributed by atoms with Crippen LogP contribution in [0.1, 0.15) is 50.2 Å². The Labute approximate surface area is 175 Å². The third-order valence-electron chi connectivity index (χ3n) is 6.04. The van der Waals surface area contributed by atoms with E-state index in [0.29, 0.717) is 18.6 Å². The van der Waals surface area contributed by atoms with Crippen molar-refractivity contribution < 1.29 is 14.2 Å². The molecule has 29 heavy (non-hydrogen) atoms. The molecule has 1 aromatic rings. The lowest BCUT2D eigenvalue weighted by atomic mass is 9.67. The van der Waals surface area contributed by atoms with Crippen LogP contribution in [0.5, 0.6) is 5.75 Å². The Morgan fingerprint density at radius 2 is 2.17 bits per heavy atom. The Balaban J connectivity index is 1.63. The van der Waals surface area contributed by atoms with Crippen LogP contribution in [0.4, 0.5) is 0 Å². The quantitative estimate of drug-likeness (QED) is 0.463. The highest BCUT2D eigenvalue weighted by Crippen LogP contribution is 2.43. The molecule has 0 bridgehead atoms. The molecule has 2 N–H and O–H groups in total. The zero-order chi connectivity index (χ0) is 20.5. The summed E-state index contributed by atoms with van der Waals surface area (Å²) in [5.41, 5.74) is 2.66. The van der Waals surface area contributed by atoms with Crippen LogP contribution in [0.3, 0.4) is 0 Å². The minimum atomic E-state index is 0.144. The normalized spacial score (nSPS) is 20.9. The number of guanidine groups is 1. The van der Waals surface area contributed by atoms with Crippen LogP contribution in [0.2, 0.25) is 0 Å². The van der Waals surface area contributed by atoms with Gasteiger partial charge in [0.05, 0.1) is 19.8 Å². The van der Waals surface area contributed by atoms with Crippen molar-refractivity contribution in [1.29, 1.82) is 0 Å². The molecule has 162 valence electrons. The van der Waals surface area contributed by atoms with Gasteiger partial charge < -0.3 is 24.8 Å². The standard InChI is InChI=1S/C23H37N3O3/c1-4-24-22(26-17-23(9-5-10-23)11-13-27-3)25-15-19-7-6-18(2)14-21(19)29-20-8-12-28-16-20/h6-7,14,20H,4-5,8-13,15-17H2,1-3H3,(H2,24,25,26). The molecule has 1 aliphatic heterocycles. The third-order valence-corrected chi connectivity index (χ3v) is 6.04. The lowest BCUT2D eigenvalue weighted by molar-refractivity contribution is 0.0732. The van der Waals surface area contributed by atoms with Crippen LogP contribution >= 0.6 is 0 Å². The lowest BCUT2D eigenvalue weighted by Gasteiger charge is -2.42. The maximum Gasteiger partial charge on any atom is 0.191 e. The minimum absolute atomic E-state index is 0.144. The van der Waals surface area contributed by atoms with Gasteiger partial charge in [0.25, 0.3) is 0 Å². The van der Waals surface area contributed by atoms with E-state index in [1.807, 2.05) is 0 Å². The van der Waals surface area contributed by atoms with E-state index in [1.54, 1.807) is 7.11 Å². The summed E-state index contributed by atoms with van der Waals surface area (Å²) in [6.07, 6.45) is 6.04. The monoisotopic (exact) mass is 403 g/mol. The summed E-state index contributed by atoms with van der Waals surface area (Å²) >= 11 is 0. The summed E-state index contributed by atoms with van der Waals surface area (Å²) in [7, 11) is 1.78. The SMILES string of the molecule is CCNC(=NCc1ccc(C)cc1OC1CCOC1)NCC1(CCOC)CCC1. The molecule has 2 aliphatic rings. The molecule has 1 aromatic carbocycles. The van der Waals surface area contributed by atoms with Gasteiger partial charge in [0, 0.05) is 38.8 Å². The van der Waals surface area contributed by atoms with E-state index in [2.05, 4.69) is 42.7 Å². The number of hydrogen-bond donors (Lipinski definition) is 2. The number of nitrogens with zero attached hydrogens (tertiary/aromatic N) is 1. The molecule has 1 unspecified atom stereocenters. The maximum atomic E-state index is 6.22. The van der Waals surface area contributed by atoms with E-state index >= 15 is 0 Å². The number of ether oxygens (including phenoxy) is 3. The summed E-state index contributed by atoms with van der Waals surface area (Å²) in [5.74, 6) is 1.79. The number of benzene rings is 1. The molecule has 1 atom stereocenters. The predicted octanol–water partition coefficient (Wildman–Crippen LogP) is 3.42. The largest absolute Gasteiger partial charge is 0.488 e. The molecule has 2 fully saturated rings. The van der Waals surface area contributed by atoms with E-state index in [1.165, 1.54) is 24.8 Å². The second-order valence-electron chi connectivity index (χ2n) is 8.36. The fourth-order valence-electron chi connectivity index (χ4n) is 3.98. The number of hydrogen-bond acceptors (Lipinski definition) is 4. The first-order chi connectivity index (χ1) is 14.1. The van der Waals surface area contributed by atoms with E-state index in [4.69, 9.17) is 19.2 Å². The molecule has 0 aromatic heterocycles. The highest BCUT2D eigenvalue weighted by molar-refractivity contribution is 5.79. The number of aliphatic imine (C=N–C) groups is 1. The molecule has 6 nitrogen and oxygen atoms in total. The predicted molar refractivity (Wildman–Crippen MR) is 117 cm³/mol. The van der Waals surface area contributed by atoms with Gasteiger partial charge in [-0.2, -0.15) is 0 Å². The molecule has 1 heterocycles. The first-order valence-electron chi connectivity index (χ1n) is 11.0. The van der Waals surface area contributed by atoms with E-state index in [9.17, 15) is 0 Å². The molecular weight excluding hydrogens is 366 g/mol. The lowest BCUT2D eigenvalue weighted by Crippen LogP contribution is -2.47. The number of rotatable bonds is 10. The number of aryl methyl sites for hydroxylation is 1. The number of nitrogens with one attached hydrogen (secondary N) is 2. The second-order valence-corrected chi connectivity index (χ2v) is 8.36. The highest BCUT2D eigenvalue weighted by atomic mass is 16.5. The number of methoxy groups -OCH3 is 1. The van der Waals surface area contributed by atoms with Crippen LogP contribution in [0, 0.1) is 12.3 Å². The van der Waals surface area contributed by atoms with Gasteiger partial charge in [-0.1, -0.05) is 18.6 Å². The van der Waals surface area contributed by atoms with Gasteiger partial charge in [0.2, 0.25) is 0 Å². The fourth-order valence-corrected chi connectivity index (χ4v) is 3.98. The molecule has 1 saturated heterocycles. The zero-order valence-corrected chi connectivity index (χ0v) is 18.3. The molecule has 1 saturated carbocycles. The summed E-state index contributed by atoms with van der Waals surface area (Å²) in [6.45, 7) is 8.84. The second kappa shape index (κ2) is 10.8. The fraction of sp³-hybridized carbons (Fsp3) is 0.696. The summed E-state index contributed by atoms with van der Waals surface area (Å²) in [5, 5.41) is 6.95. The molecule has 0 radical (unpaired) electrons. The maximum absolute atomic E-state index is 6.22. The molecule has 3 rings (SSSR count). The Kier molecular flexibility index (Phi) is 8.19. The zero-order valence-electron chi connectivity index (χ0n) is 18.3. The van der Waals surface area contributed by atoms with Crippen molar-refractivity contribution in [2.75, 3.05) is 40.0 Å². The van der Waals surface area contributed by atoms with E-state index in [-0.39, 0.29) is 6.10 Å². The third kappa shape index (κ3) is 6.34. The van der Waals surface area contributed by atoms with Crippen molar-refractivity contribution >= 4 is 5.96 Å². The summed E-state index contributed by atoms with van der Waals surface area (Å²) in [6, 6.07) is 6.36. The van der Waals surface area contributed by atoms with Crippen molar-refractivity contribution in [3.8, 4) is 5.75 Å². The van der Waals surface area contributed by atoms with Crippen LogP contribution < -0.4 is 15.4 Å². The highest BCUT2D eigenvalue weighted by Gasteiger charge is 2.36. The van der Waals surface area contributed by atoms with E-state index < -0.39 is 0 Å². The average Bonchev–Trinajstić information content (AvgIpc) is 3.19. The van der Waals surface area contributed by atoms with Crippen molar-refractivity contribution in [2.24, 2.45) is 10.4 Å². The topological polar surface area (TPSA) is 64.1 Å². The van der Waals surface area contributed by atoms with Crippen molar-refractivity contribution in [3.05, 3.63) is 29.3 Å². The first kappa shape index (κ1) is 21.9. The molecular formula is C23H37N3O3. The van der Waals surface area contributed by atoms with Crippen LogP contribution in [-0.2, 0) is 16.0 Å². The van der Waals surface area contributed by atoms with Gasteiger partial charge in [-0.15, -0.1) is 0 Å².